The minimum absolute atomic E-state index is 0.00274. The molecular formula is C16H18Cl2N2O3S2. The number of carbonyl (C=O) groups is 1. The number of amidine groups is 1. The van der Waals surface area contributed by atoms with E-state index in [-0.39, 0.29) is 34.6 Å². The van der Waals surface area contributed by atoms with Crippen molar-refractivity contribution in [2.45, 2.75) is 31.6 Å². The number of fused-ring (bicyclic) bond motifs is 1. The summed E-state index contributed by atoms with van der Waals surface area (Å²) in [6.07, 6.45) is 0.689. The standard InChI is InChI=1S/C16H18Cl2N2O3S2/c1-3-9(2)15(21)19-16-20(14-10(17)5-4-6-11(14)18)12-7-25(22,23)8-13(12)24-16/h4-6,9,12-13H,3,7-8H2,1-2H3. The third-order valence-electron chi connectivity index (χ3n) is 4.48. The molecule has 5 nitrogen and oxygen atoms in total. The van der Waals surface area contributed by atoms with Crippen LogP contribution in [0.4, 0.5) is 5.69 Å². The third kappa shape index (κ3) is 3.70. The number of rotatable bonds is 3. The predicted octanol–water partition coefficient (Wildman–Crippen LogP) is 3.64. The maximum atomic E-state index is 12.3. The van der Waals surface area contributed by atoms with Crippen LogP contribution < -0.4 is 4.90 Å². The Morgan fingerprint density at radius 2 is 2.00 bits per heavy atom. The molecule has 9 heteroatoms. The van der Waals surface area contributed by atoms with Gasteiger partial charge < -0.3 is 4.90 Å². The summed E-state index contributed by atoms with van der Waals surface area (Å²) < 4.78 is 24.1. The van der Waals surface area contributed by atoms with Gasteiger partial charge in [-0.15, -0.1) is 0 Å². The van der Waals surface area contributed by atoms with E-state index < -0.39 is 9.84 Å². The van der Waals surface area contributed by atoms with Crippen molar-refractivity contribution < 1.29 is 13.2 Å². The van der Waals surface area contributed by atoms with Crippen molar-refractivity contribution in [2.24, 2.45) is 10.9 Å². The lowest BCUT2D eigenvalue weighted by atomic mass is 10.1. The number of thioether (sulfide) groups is 1. The summed E-state index contributed by atoms with van der Waals surface area (Å²) in [5.41, 5.74) is 0.513. The lowest BCUT2D eigenvalue weighted by Crippen LogP contribution is -2.38. The van der Waals surface area contributed by atoms with Crippen LogP contribution >= 0.6 is 35.0 Å². The molecule has 0 N–H and O–H groups in total. The first kappa shape index (κ1) is 19.0. The topological polar surface area (TPSA) is 66.8 Å². The highest BCUT2D eigenvalue weighted by molar-refractivity contribution is 8.16. The van der Waals surface area contributed by atoms with Crippen molar-refractivity contribution in [1.82, 2.24) is 0 Å². The van der Waals surface area contributed by atoms with Crippen LogP contribution in [0.1, 0.15) is 20.3 Å². The molecule has 0 bridgehead atoms. The number of nitrogens with zero attached hydrogens (tertiary/aromatic N) is 2. The van der Waals surface area contributed by atoms with Gasteiger partial charge in [0, 0.05) is 11.2 Å². The summed E-state index contributed by atoms with van der Waals surface area (Å²) in [7, 11) is -3.13. The first-order chi connectivity index (χ1) is 11.7. The van der Waals surface area contributed by atoms with Crippen LogP contribution in [-0.4, -0.2) is 42.3 Å². The molecule has 0 spiro atoms. The first-order valence-electron chi connectivity index (χ1n) is 7.96. The van der Waals surface area contributed by atoms with E-state index >= 15 is 0 Å². The van der Waals surface area contributed by atoms with Crippen LogP contribution in [0.3, 0.4) is 0 Å². The molecule has 3 atom stereocenters. The average molecular weight is 421 g/mol. The molecule has 0 aliphatic carbocycles. The maximum absolute atomic E-state index is 12.3. The Bertz CT molecular complexity index is 822. The summed E-state index contributed by atoms with van der Waals surface area (Å²) in [6, 6.07) is 4.79. The molecule has 2 saturated heterocycles. The number of para-hydroxylation sites is 1. The fourth-order valence-electron chi connectivity index (χ4n) is 2.92. The molecule has 3 rings (SSSR count). The lowest BCUT2D eigenvalue weighted by Gasteiger charge is -2.26. The molecule has 0 aromatic heterocycles. The molecule has 2 aliphatic heterocycles. The molecule has 1 aromatic rings. The van der Waals surface area contributed by atoms with E-state index in [0.717, 1.165) is 0 Å². The maximum Gasteiger partial charge on any atom is 0.250 e. The summed E-state index contributed by atoms with van der Waals surface area (Å²) in [6.45, 7) is 3.75. The Labute approximate surface area is 161 Å². The molecule has 1 aromatic carbocycles. The van der Waals surface area contributed by atoms with Gasteiger partial charge in [0.2, 0.25) is 0 Å². The Kier molecular flexibility index (Phi) is 5.40. The molecule has 3 unspecified atom stereocenters. The smallest absolute Gasteiger partial charge is 0.250 e. The van der Waals surface area contributed by atoms with Gasteiger partial charge >= 0.3 is 0 Å². The van der Waals surface area contributed by atoms with E-state index in [2.05, 4.69) is 4.99 Å². The van der Waals surface area contributed by atoms with E-state index in [0.29, 0.717) is 27.3 Å². The second kappa shape index (κ2) is 7.10. The Morgan fingerprint density at radius 1 is 1.36 bits per heavy atom. The van der Waals surface area contributed by atoms with Gasteiger partial charge in [-0.1, -0.05) is 54.9 Å². The monoisotopic (exact) mass is 420 g/mol. The first-order valence-corrected chi connectivity index (χ1v) is 11.4. The Balaban J connectivity index is 2.07. The molecule has 0 saturated carbocycles. The normalized spacial score (nSPS) is 27.5. The zero-order valence-electron chi connectivity index (χ0n) is 13.8. The van der Waals surface area contributed by atoms with Crippen LogP contribution in [0.5, 0.6) is 0 Å². The molecule has 2 aliphatic rings. The minimum atomic E-state index is -3.13. The van der Waals surface area contributed by atoms with Gasteiger partial charge in [-0.25, -0.2) is 8.42 Å². The molecule has 0 radical (unpaired) electrons. The van der Waals surface area contributed by atoms with Crippen molar-refractivity contribution in [2.75, 3.05) is 16.4 Å². The fourth-order valence-corrected chi connectivity index (χ4v) is 7.41. The van der Waals surface area contributed by atoms with Crippen molar-refractivity contribution >= 4 is 61.6 Å². The Morgan fingerprint density at radius 3 is 2.60 bits per heavy atom. The molecule has 2 fully saturated rings. The highest BCUT2D eigenvalue weighted by Crippen LogP contribution is 2.45. The predicted molar refractivity (Wildman–Crippen MR) is 105 cm³/mol. The molecule has 25 heavy (non-hydrogen) atoms. The quantitative estimate of drug-likeness (QED) is 0.746. The lowest BCUT2D eigenvalue weighted by molar-refractivity contribution is -0.121. The van der Waals surface area contributed by atoms with Crippen molar-refractivity contribution in [3.05, 3.63) is 28.2 Å². The molecule has 1 amide bonds. The van der Waals surface area contributed by atoms with Crippen LogP contribution in [0.2, 0.25) is 10.0 Å². The van der Waals surface area contributed by atoms with Gasteiger partial charge in [0.05, 0.1) is 33.3 Å². The van der Waals surface area contributed by atoms with Gasteiger partial charge in [-0.3, -0.25) is 4.79 Å². The Hall–Kier alpha value is -0.760. The summed E-state index contributed by atoms with van der Waals surface area (Å²) in [4.78, 5) is 18.3. The molecular weight excluding hydrogens is 403 g/mol. The van der Waals surface area contributed by atoms with Crippen LogP contribution in [0, 0.1) is 5.92 Å². The largest absolute Gasteiger partial charge is 0.313 e. The highest BCUT2D eigenvalue weighted by atomic mass is 35.5. The van der Waals surface area contributed by atoms with E-state index in [4.69, 9.17) is 23.2 Å². The van der Waals surface area contributed by atoms with Crippen molar-refractivity contribution in [3.63, 3.8) is 0 Å². The number of aliphatic imine (C=N–C) groups is 1. The summed E-state index contributed by atoms with van der Waals surface area (Å²) in [5, 5.41) is 1.11. The third-order valence-corrected chi connectivity index (χ3v) is 8.30. The number of amides is 1. The second-order valence-corrected chi connectivity index (χ2v) is 10.5. The average Bonchev–Trinajstić information content (AvgIpc) is 2.98. The number of hydrogen-bond acceptors (Lipinski definition) is 4. The summed E-state index contributed by atoms with van der Waals surface area (Å²) in [5.74, 6) is -0.345. The molecule has 2 heterocycles. The SMILES string of the molecule is CCC(C)C(=O)N=C1SC2CS(=O)(=O)CC2N1c1c(Cl)cccc1Cl. The zero-order valence-corrected chi connectivity index (χ0v) is 16.9. The van der Waals surface area contributed by atoms with Gasteiger partial charge in [-0.2, -0.15) is 4.99 Å². The van der Waals surface area contributed by atoms with E-state index in [1.165, 1.54) is 11.8 Å². The zero-order chi connectivity index (χ0) is 18.4. The minimum Gasteiger partial charge on any atom is -0.313 e. The second-order valence-electron chi connectivity index (χ2n) is 6.28. The van der Waals surface area contributed by atoms with Crippen LogP contribution in [0.15, 0.2) is 23.2 Å². The van der Waals surface area contributed by atoms with E-state index in [9.17, 15) is 13.2 Å². The van der Waals surface area contributed by atoms with Crippen LogP contribution in [-0.2, 0) is 14.6 Å². The van der Waals surface area contributed by atoms with Crippen LogP contribution in [0.25, 0.3) is 0 Å². The van der Waals surface area contributed by atoms with Gasteiger partial charge in [-0.05, 0) is 18.6 Å². The number of anilines is 1. The summed E-state index contributed by atoms with van der Waals surface area (Å²) >= 11 is 14.0. The highest BCUT2D eigenvalue weighted by Gasteiger charge is 2.50. The van der Waals surface area contributed by atoms with Crippen molar-refractivity contribution in [3.8, 4) is 0 Å². The van der Waals surface area contributed by atoms with Gasteiger partial charge in [0.1, 0.15) is 0 Å². The van der Waals surface area contributed by atoms with Gasteiger partial charge in [0.25, 0.3) is 5.91 Å². The molecule has 136 valence electrons. The van der Waals surface area contributed by atoms with E-state index in [1.807, 2.05) is 13.8 Å². The van der Waals surface area contributed by atoms with Crippen molar-refractivity contribution in [1.29, 1.82) is 0 Å². The van der Waals surface area contributed by atoms with E-state index in [1.54, 1.807) is 23.1 Å². The number of halogens is 2. The van der Waals surface area contributed by atoms with Gasteiger partial charge in [0.15, 0.2) is 15.0 Å². The number of benzene rings is 1. The number of sulfone groups is 1. The number of hydrogen-bond donors (Lipinski definition) is 0. The number of carbonyl (C=O) groups excluding carboxylic acids is 1. The fraction of sp³-hybridized carbons (Fsp3) is 0.500.